The lowest BCUT2D eigenvalue weighted by atomic mass is 9.61. The monoisotopic (exact) mass is 380 g/mol. The van der Waals surface area contributed by atoms with Gasteiger partial charge in [-0.2, -0.15) is 0 Å². The van der Waals surface area contributed by atoms with Gasteiger partial charge in [0.05, 0.1) is 40.0 Å². The zero-order valence-electron chi connectivity index (χ0n) is 16.0. The van der Waals surface area contributed by atoms with E-state index >= 15 is 0 Å². The third-order valence-electron chi connectivity index (χ3n) is 4.97. The van der Waals surface area contributed by atoms with Crippen LogP contribution in [0.3, 0.4) is 0 Å². The van der Waals surface area contributed by atoms with E-state index in [4.69, 9.17) is 18.9 Å². The summed E-state index contributed by atoms with van der Waals surface area (Å²) in [5, 5.41) is 10.8. The third kappa shape index (κ3) is 3.75. The first-order valence-corrected chi connectivity index (χ1v) is 8.34. The van der Waals surface area contributed by atoms with Crippen LogP contribution in [0.1, 0.15) is 24.8 Å². The summed E-state index contributed by atoms with van der Waals surface area (Å²) in [5.74, 6) is -4.59. The molecule has 8 heteroatoms. The Morgan fingerprint density at radius 2 is 1.63 bits per heavy atom. The number of benzene rings is 1. The van der Waals surface area contributed by atoms with Crippen LogP contribution >= 0.6 is 0 Å². The number of hydrogen-bond acceptors (Lipinski definition) is 8. The molecule has 1 aliphatic carbocycles. The predicted molar refractivity (Wildman–Crippen MR) is 93.5 cm³/mol. The lowest BCUT2D eigenvalue weighted by Crippen LogP contribution is -2.55. The summed E-state index contributed by atoms with van der Waals surface area (Å²) in [7, 11) is 5.27. The van der Waals surface area contributed by atoms with E-state index in [0.717, 1.165) is 0 Å². The summed E-state index contributed by atoms with van der Waals surface area (Å²) < 4.78 is 20.1. The lowest BCUT2D eigenvalue weighted by molar-refractivity contribution is -0.170. The van der Waals surface area contributed by atoms with Gasteiger partial charge in [-0.1, -0.05) is 6.07 Å². The maximum atomic E-state index is 12.7. The fraction of sp³-hybridized carbons (Fsp3) is 0.526. The number of methoxy groups -OCH3 is 4. The van der Waals surface area contributed by atoms with Crippen LogP contribution in [0, 0.1) is 11.8 Å². The van der Waals surface area contributed by atoms with Crippen LogP contribution in [0.2, 0.25) is 0 Å². The number of Topliss-reactive ketones (excluding diaryl/α,β-unsaturated/α-hetero) is 1. The summed E-state index contributed by atoms with van der Waals surface area (Å²) in [6.45, 7) is 1.38. The van der Waals surface area contributed by atoms with Gasteiger partial charge in [-0.15, -0.1) is 0 Å². The van der Waals surface area contributed by atoms with E-state index in [1.54, 1.807) is 18.2 Å². The van der Waals surface area contributed by atoms with Gasteiger partial charge in [-0.05, 0) is 24.6 Å². The Morgan fingerprint density at radius 3 is 2.15 bits per heavy atom. The number of aliphatic hydroxyl groups is 1. The molecule has 2 rings (SSSR count). The van der Waals surface area contributed by atoms with Crippen molar-refractivity contribution in [2.75, 3.05) is 28.4 Å². The van der Waals surface area contributed by atoms with Crippen molar-refractivity contribution in [3.05, 3.63) is 23.8 Å². The smallest absolute Gasteiger partial charge is 0.316 e. The summed E-state index contributed by atoms with van der Waals surface area (Å²) in [5.41, 5.74) is -1.24. The van der Waals surface area contributed by atoms with Crippen molar-refractivity contribution in [2.45, 2.75) is 24.9 Å². The first-order chi connectivity index (χ1) is 12.7. The molecule has 27 heavy (non-hydrogen) atoms. The Bertz CT molecular complexity index is 739. The average molecular weight is 380 g/mol. The van der Waals surface area contributed by atoms with Gasteiger partial charge in [0.15, 0.2) is 17.3 Å². The highest BCUT2D eigenvalue weighted by Gasteiger charge is 2.57. The SMILES string of the molecule is COC(=O)[C@H]1C(=O)C[C@@](C)(O)[C@H](C(=O)OC)[C@@H]1c1ccc(OC)c(OC)c1. The fourth-order valence-electron chi connectivity index (χ4n) is 3.73. The van der Waals surface area contributed by atoms with E-state index < -0.39 is 41.1 Å². The van der Waals surface area contributed by atoms with Gasteiger partial charge in [-0.3, -0.25) is 14.4 Å². The third-order valence-corrected chi connectivity index (χ3v) is 4.97. The van der Waals surface area contributed by atoms with Crippen molar-refractivity contribution >= 4 is 17.7 Å². The highest BCUT2D eigenvalue weighted by molar-refractivity contribution is 6.02. The number of rotatable bonds is 5. The Balaban J connectivity index is 2.69. The fourth-order valence-corrected chi connectivity index (χ4v) is 3.73. The van der Waals surface area contributed by atoms with Crippen LogP contribution in [0.25, 0.3) is 0 Å². The maximum absolute atomic E-state index is 12.7. The molecule has 0 aliphatic heterocycles. The molecule has 0 spiro atoms. The molecule has 1 aromatic carbocycles. The topological polar surface area (TPSA) is 108 Å². The van der Waals surface area contributed by atoms with Crippen molar-refractivity contribution in [1.82, 2.24) is 0 Å². The van der Waals surface area contributed by atoms with Gasteiger partial charge in [0.25, 0.3) is 0 Å². The molecule has 0 radical (unpaired) electrons. The first-order valence-electron chi connectivity index (χ1n) is 8.34. The number of hydrogen-bond donors (Lipinski definition) is 1. The minimum absolute atomic E-state index is 0.361. The molecular weight excluding hydrogens is 356 g/mol. The van der Waals surface area contributed by atoms with Crippen molar-refractivity contribution in [3.63, 3.8) is 0 Å². The Kier molecular flexibility index (Phi) is 6.10. The van der Waals surface area contributed by atoms with Gasteiger partial charge in [0, 0.05) is 12.3 Å². The number of esters is 2. The molecule has 0 unspecified atom stereocenters. The largest absolute Gasteiger partial charge is 0.493 e. The average Bonchev–Trinajstić information content (AvgIpc) is 2.64. The molecule has 0 bridgehead atoms. The molecule has 1 aromatic rings. The quantitative estimate of drug-likeness (QED) is 0.597. The summed E-state index contributed by atoms with van der Waals surface area (Å²) >= 11 is 0. The van der Waals surface area contributed by atoms with Crippen LogP contribution in [0.4, 0.5) is 0 Å². The standard InChI is InChI=1S/C19H24O8/c1-19(23)9-11(20)15(17(21)26-4)14(16(19)18(22)27-5)10-6-7-12(24-2)13(8-10)25-3/h6-8,14-16,23H,9H2,1-5H3/t14-,15+,16+,19-/m1/s1. The zero-order valence-corrected chi connectivity index (χ0v) is 16.0. The van der Waals surface area contributed by atoms with E-state index in [1.807, 2.05) is 0 Å². The second-order valence-corrected chi connectivity index (χ2v) is 6.64. The molecule has 1 fully saturated rings. The second kappa shape index (κ2) is 7.96. The van der Waals surface area contributed by atoms with Crippen LogP contribution in [-0.4, -0.2) is 56.9 Å². The summed E-state index contributed by atoms with van der Waals surface area (Å²) in [6.07, 6.45) is -0.365. The van der Waals surface area contributed by atoms with Crippen molar-refractivity contribution in [2.24, 2.45) is 11.8 Å². The molecule has 148 valence electrons. The minimum Gasteiger partial charge on any atom is -0.493 e. The van der Waals surface area contributed by atoms with Gasteiger partial charge in [0.2, 0.25) is 0 Å². The van der Waals surface area contributed by atoms with Gasteiger partial charge < -0.3 is 24.1 Å². The predicted octanol–water partition coefficient (Wildman–Crippen LogP) is 1.09. The number of carbonyl (C=O) groups is 3. The van der Waals surface area contributed by atoms with Crippen LogP contribution in [0.15, 0.2) is 18.2 Å². The highest BCUT2D eigenvalue weighted by atomic mass is 16.5. The molecule has 4 atom stereocenters. The van der Waals surface area contributed by atoms with Crippen LogP contribution < -0.4 is 9.47 Å². The highest BCUT2D eigenvalue weighted by Crippen LogP contribution is 2.47. The molecule has 8 nitrogen and oxygen atoms in total. The minimum atomic E-state index is -1.69. The molecule has 0 aromatic heterocycles. The van der Waals surface area contributed by atoms with E-state index in [-0.39, 0.29) is 6.42 Å². The van der Waals surface area contributed by atoms with Crippen molar-refractivity contribution in [3.8, 4) is 11.5 Å². The van der Waals surface area contributed by atoms with E-state index in [0.29, 0.717) is 17.1 Å². The first kappa shape index (κ1) is 20.7. The second-order valence-electron chi connectivity index (χ2n) is 6.64. The summed E-state index contributed by atoms with van der Waals surface area (Å²) in [4.78, 5) is 37.5. The number of ether oxygens (including phenoxy) is 4. The van der Waals surface area contributed by atoms with Crippen molar-refractivity contribution in [1.29, 1.82) is 0 Å². The van der Waals surface area contributed by atoms with Crippen molar-refractivity contribution < 1.29 is 38.4 Å². The zero-order chi connectivity index (χ0) is 20.4. The molecule has 0 amide bonds. The molecule has 1 saturated carbocycles. The van der Waals surface area contributed by atoms with E-state index in [2.05, 4.69) is 0 Å². The molecule has 1 N–H and O–H groups in total. The Labute approximate surface area is 157 Å². The Hall–Kier alpha value is -2.61. The van der Waals surface area contributed by atoms with Gasteiger partial charge >= 0.3 is 11.9 Å². The maximum Gasteiger partial charge on any atom is 0.316 e. The number of ketones is 1. The van der Waals surface area contributed by atoms with E-state index in [1.165, 1.54) is 35.4 Å². The van der Waals surface area contributed by atoms with Crippen LogP contribution in [0.5, 0.6) is 11.5 Å². The van der Waals surface area contributed by atoms with Crippen LogP contribution in [-0.2, 0) is 23.9 Å². The van der Waals surface area contributed by atoms with Gasteiger partial charge in [0.1, 0.15) is 5.92 Å². The number of carbonyl (C=O) groups excluding carboxylic acids is 3. The Morgan fingerprint density at radius 1 is 1.04 bits per heavy atom. The van der Waals surface area contributed by atoms with E-state index in [9.17, 15) is 19.5 Å². The normalized spacial score (nSPS) is 27.6. The van der Waals surface area contributed by atoms with Gasteiger partial charge in [-0.25, -0.2) is 0 Å². The molecule has 0 saturated heterocycles. The molecule has 1 aliphatic rings. The lowest BCUT2D eigenvalue weighted by Gasteiger charge is -2.43. The molecule has 0 heterocycles. The summed E-state index contributed by atoms with van der Waals surface area (Å²) in [6, 6.07) is 4.79. The molecular formula is C19H24O8.